The number of nitrogens with zero attached hydrogens (tertiary/aromatic N) is 6. The minimum absolute atomic E-state index is 0.0723. The van der Waals surface area contributed by atoms with Crippen LogP contribution in [-0.4, -0.2) is 43.0 Å². The van der Waals surface area contributed by atoms with Gasteiger partial charge in [0.25, 0.3) is 5.56 Å². The lowest BCUT2D eigenvalue weighted by molar-refractivity contribution is 0.190. The van der Waals surface area contributed by atoms with Gasteiger partial charge in [0.05, 0.1) is 16.7 Å². The molecule has 9 nitrogen and oxygen atoms in total. The number of ether oxygens (including phenoxy) is 1. The molecule has 0 saturated heterocycles. The van der Waals surface area contributed by atoms with Gasteiger partial charge in [-0.25, -0.2) is 0 Å². The molecule has 158 valence electrons. The van der Waals surface area contributed by atoms with Crippen LogP contribution in [0.4, 0.5) is 0 Å². The zero-order valence-corrected chi connectivity index (χ0v) is 17.9. The largest absolute Gasteiger partial charge is 0.385 e. The molecular formula is C20H24N6O3S. The Balaban J connectivity index is 1.67. The number of hydrogen-bond acceptors (Lipinski definition) is 8. The Hall–Kier alpha value is -2.72. The van der Waals surface area contributed by atoms with E-state index in [9.17, 15) is 4.79 Å². The lowest BCUT2D eigenvalue weighted by atomic mass is 10.2. The average molecular weight is 429 g/mol. The zero-order chi connectivity index (χ0) is 20.9. The number of methoxy groups -OCH3 is 1. The number of aromatic nitrogens is 6. The van der Waals surface area contributed by atoms with Crippen LogP contribution in [-0.2, 0) is 23.5 Å². The van der Waals surface area contributed by atoms with Crippen molar-refractivity contribution in [3.05, 3.63) is 46.3 Å². The summed E-state index contributed by atoms with van der Waals surface area (Å²) in [4.78, 5) is 17.5. The molecule has 30 heavy (non-hydrogen) atoms. The van der Waals surface area contributed by atoms with E-state index >= 15 is 0 Å². The van der Waals surface area contributed by atoms with Crippen molar-refractivity contribution in [2.45, 2.75) is 50.1 Å². The van der Waals surface area contributed by atoms with Crippen LogP contribution in [0.2, 0.25) is 0 Å². The van der Waals surface area contributed by atoms with Gasteiger partial charge in [-0.15, -0.1) is 10.2 Å². The van der Waals surface area contributed by atoms with E-state index in [4.69, 9.17) is 9.26 Å². The summed E-state index contributed by atoms with van der Waals surface area (Å²) in [7, 11) is 1.65. The van der Waals surface area contributed by atoms with Crippen molar-refractivity contribution in [3.8, 4) is 0 Å². The summed E-state index contributed by atoms with van der Waals surface area (Å²) in [6.45, 7) is 3.21. The van der Waals surface area contributed by atoms with Gasteiger partial charge in [0, 0.05) is 26.7 Å². The number of para-hydroxylation sites is 1. The zero-order valence-electron chi connectivity index (χ0n) is 17.1. The van der Waals surface area contributed by atoms with E-state index in [1.807, 2.05) is 28.7 Å². The van der Waals surface area contributed by atoms with E-state index in [1.54, 1.807) is 11.7 Å². The summed E-state index contributed by atoms with van der Waals surface area (Å²) < 4.78 is 14.0. The van der Waals surface area contributed by atoms with Gasteiger partial charge in [-0.3, -0.25) is 13.8 Å². The predicted octanol–water partition coefficient (Wildman–Crippen LogP) is 3.10. The molecule has 0 aliphatic carbocycles. The molecule has 4 aromatic rings. The second kappa shape index (κ2) is 9.40. The number of thioether (sulfide) groups is 1. The molecule has 0 fully saturated rings. The third-order valence-corrected chi connectivity index (χ3v) is 5.72. The van der Waals surface area contributed by atoms with E-state index in [2.05, 4.69) is 27.3 Å². The second-order valence-corrected chi connectivity index (χ2v) is 7.88. The number of benzene rings is 1. The number of unbranched alkanes of at least 4 members (excludes halogenated alkanes) is 1. The molecule has 0 spiro atoms. The maximum absolute atomic E-state index is 13.0. The smallest absolute Gasteiger partial charge is 0.262 e. The van der Waals surface area contributed by atoms with Gasteiger partial charge >= 0.3 is 0 Å². The summed E-state index contributed by atoms with van der Waals surface area (Å²) in [5, 5.41) is 14.0. The summed E-state index contributed by atoms with van der Waals surface area (Å²) in [6.07, 6.45) is 3.61. The van der Waals surface area contributed by atoms with Gasteiger partial charge in [-0.05, 0) is 25.0 Å². The Morgan fingerprint density at radius 3 is 2.90 bits per heavy atom. The molecule has 0 bridgehead atoms. The van der Waals surface area contributed by atoms with Crippen molar-refractivity contribution in [3.63, 3.8) is 0 Å². The van der Waals surface area contributed by atoms with Crippen LogP contribution >= 0.6 is 11.8 Å². The fourth-order valence-electron chi connectivity index (χ4n) is 3.30. The quantitative estimate of drug-likeness (QED) is 0.281. The molecule has 10 heteroatoms. The van der Waals surface area contributed by atoms with Gasteiger partial charge in [-0.1, -0.05) is 42.4 Å². The first-order valence-corrected chi connectivity index (χ1v) is 11.0. The van der Waals surface area contributed by atoms with E-state index in [0.717, 1.165) is 24.8 Å². The van der Waals surface area contributed by atoms with Crippen LogP contribution in [0, 0.1) is 0 Å². The Labute approximate surface area is 177 Å². The van der Waals surface area contributed by atoms with E-state index < -0.39 is 0 Å². The average Bonchev–Trinajstić information content (AvgIpc) is 3.40. The van der Waals surface area contributed by atoms with Gasteiger partial charge < -0.3 is 9.26 Å². The van der Waals surface area contributed by atoms with Crippen molar-refractivity contribution in [1.29, 1.82) is 0 Å². The predicted molar refractivity (Wildman–Crippen MR) is 114 cm³/mol. The van der Waals surface area contributed by atoms with Crippen molar-refractivity contribution in [1.82, 2.24) is 29.3 Å². The molecule has 0 aliphatic rings. The molecule has 0 radical (unpaired) electrons. The number of fused-ring (bicyclic) bond motifs is 3. The fourth-order valence-corrected chi connectivity index (χ4v) is 4.09. The normalized spacial score (nSPS) is 11.7. The van der Waals surface area contributed by atoms with Crippen molar-refractivity contribution in [2.24, 2.45) is 0 Å². The third-order valence-electron chi connectivity index (χ3n) is 4.79. The summed E-state index contributed by atoms with van der Waals surface area (Å²) in [6, 6.07) is 7.51. The first-order chi connectivity index (χ1) is 14.7. The van der Waals surface area contributed by atoms with Gasteiger partial charge in [0.15, 0.2) is 11.0 Å². The molecule has 0 unspecified atom stereocenters. The molecule has 3 heterocycles. The fraction of sp³-hybridized carbons (Fsp3) is 0.450. The Kier molecular flexibility index (Phi) is 6.44. The minimum Gasteiger partial charge on any atom is -0.385 e. The summed E-state index contributed by atoms with van der Waals surface area (Å²) in [5.41, 5.74) is 0.710. The van der Waals surface area contributed by atoms with E-state index in [-0.39, 0.29) is 5.56 Å². The van der Waals surface area contributed by atoms with E-state index in [0.29, 0.717) is 53.4 Å². The van der Waals surface area contributed by atoms with Crippen LogP contribution in [0.5, 0.6) is 0 Å². The van der Waals surface area contributed by atoms with Crippen molar-refractivity contribution >= 4 is 28.4 Å². The van der Waals surface area contributed by atoms with Crippen LogP contribution in [0.15, 0.2) is 38.7 Å². The van der Waals surface area contributed by atoms with Gasteiger partial charge in [0.1, 0.15) is 0 Å². The van der Waals surface area contributed by atoms with Gasteiger partial charge in [-0.2, -0.15) is 4.98 Å². The van der Waals surface area contributed by atoms with Crippen molar-refractivity contribution in [2.75, 3.05) is 13.7 Å². The van der Waals surface area contributed by atoms with E-state index in [1.165, 1.54) is 11.8 Å². The minimum atomic E-state index is -0.0723. The maximum atomic E-state index is 13.0. The monoisotopic (exact) mass is 428 g/mol. The standard InChI is InChI=1S/C20H24N6O3S/c1-3-4-10-17-21-16(24-29-17)13-30-20-23-22-19-25(11-7-12-28-2)18(27)14-8-5-6-9-15(14)26(19)20/h5-6,8-9H,3-4,7,10-13H2,1-2H3. The number of aryl methyl sites for hydroxylation is 2. The molecule has 4 rings (SSSR count). The van der Waals surface area contributed by atoms with Gasteiger partial charge in [0.2, 0.25) is 11.7 Å². The number of rotatable bonds is 10. The molecule has 1 aromatic carbocycles. The number of hydrogen-bond donors (Lipinski definition) is 0. The molecule has 0 N–H and O–H groups in total. The highest BCUT2D eigenvalue weighted by molar-refractivity contribution is 7.98. The first-order valence-electron chi connectivity index (χ1n) is 10.0. The molecular weight excluding hydrogens is 404 g/mol. The van der Waals surface area contributed by atoms with Crippen LogP contribution in [0.1, 0.15) is 37.9 Å². The topological polar surface area (TPSA) is 100 Å². The Morgan fingerprint density at radius 1 is 1.20 bits per heavy atom. The van der Waals surface area contributed by atoms with Crippen LogP contribution in [0.25, 0.3) is 16.7 Å². The van der Waals surface area contributed by atoms with Crippen LogP contribution in [0.3, 0.4) is 0 Å². The second-order valence-electron chi connectivity index (χ2n) is 6.93. The van der Waals surface area contributed by atoms with Crippen molar-refractivity contribution < 1.29 is 9.26 Å². The molecule has 0 atom stereocenters. The molecule has 0 saturated carbocycles. The highest BCUT2D eigenvalue weighted by Crippen LogP contribution is 2.24. The molecule has 0 amide bonds. The molecule has 0 aliphatic heterocycles. The lowest BCUT2D eigenvalue weighted by Gasteiger charge is -2.10. The lowest BCUT2D eigenvalue weighted by Crippen LogP contribution is -2.24. The summed E-state index contributed by atoms with van der Waals surface area (Å²) >= 11 is 1.47. The highest BCUT2D eigenvalue weighted by atomic mass is 32.2. The first kappa shape index (κ1) is 20.5. The Morgan fingerprint density at radius 2 is 2.07 bits per heavy atom. The SMILES string of the molecule is CCCCc1nc(CSc2nnc3n(CCCOC)c(=O)c4ccccc4n23)no1. The maximum Gasteiger partial charge on any atom is 0.262 e. The third kappa shape index (κ3) is 4.10. The summed E-state index contributed by atoms with van der Waals surface area (Å²) in [5.74, 6) is 2.32. The van der Waals surface area contributed by atoms with Crippen LogP contribution < -0.4 is 5.56 Å². The highest BCUT2D eigenvalue weighted by Gasteiger charge is 2.17. The Bertz CT molecular complexity index is 1200. The molecule has 3 aromatic heterocycles.